The summed E-state index contributed by atoms with van der Waals surface area (Å²) in [5.74, 6) is 4.31. The number of terminal acetylenes is 2. The molecule has 0 spiro atoms. The highest BCUT2D eigenvalue weighted by atomic mass is 19.1. The highest BCUT2D eigenvalue weighted by molar-refractivity contribution is 5.53. The van der Waals surface area contributed by atoms with Crippen molar-refractivity contribution in [3.8, 4) is 24.7 Å². The van der Waals surface area contributed by atoms with Gasteiger partial charge in [-0.05, 0) is 42.3 Å². The minimum Gasteiger partial charge on any atom is -0.207 e. The van der Waals surface area contributed by atoms with Crippen molar-refractivity contribution in [2.45, 2.75) is 11.8 Å². The summed E-state index contributed by atoms with van der Waals surface area (Å²) in [6, 6.07) is 4.11. The predicted molar refractivity (Wildman–Crippen MR) is 67.8 cm³/mol. The summed E-state index contributed by atoms with van der Waals surface area (Å²) >= 11 is 0. The largest absolute Gasteiger partial charge is 0.207 e. The van der Waals surface area contributed by atoms with E-state index in [1.165, 1.54) is 30.4 Å². The lowest BCUT2D eigenvalue weighted by molar-refractivity contribution is 0.599. The zero-order chi connectivity index (χ0) is 13.2. The van der Waals surface area contributed by atoms with E-state index < -0.39 is 11.2 Å². The second kappa shape index (κ2) is 4.51. The molecule has 1 unspecified atom stereocenters. The highest BCUT2D eigenvalue weighted by Gasteiger charge is 2.30. The normalized spacial score (nSPS) is 21.9. The van der Waals surface area contributed by atoms with Gasteiger partial charge in [-0.2, -0.15) is 0 Å². The molecule has 1 aromatic rings. The van der Waals surface area contributed by atoms with Crippen LogP contribution in [0.15, 0.2) is 42.3 Å². The molecule has 0 N–H and O–H groups in total. The number of halogens is 2. The van der Waals surface area contributed by atoms with Gasteiger partial charge in [0.25, 0.3) is 0 Å². The van der Waals surface area contributed by atoms with Crippen LogP contribution in [0.3, 0.4) is 0 Å². The molecule has 0 bridgehead atoms. The van der Waals surface area contributed by atoms with E-state index in [1.54, 1.807) is 6.08 Å². The summed E-state index contributed by atoms with van der Waals surface area (Å²) in [7, 11) is 0. The molecule has 0 aromatic heterocycles. The van der Waals surface area contributed by atoms with Crippen LogP contribution in [-0.4, -0.2) is 0 Å². The fourth-order valence-electron chi connectivity index (χ4n) is 2.01. The molecule has 1 aliphatic rings. The number of hydrogen-bond donors (Lipinski definition) is 0. The fourth-order valence-corrected chi connectivity index (χ4v) is 2.01. The number of allylic oxidation sites excluding steroid dienone is 4. The third kappa shape index (κ3) is 1.94. The Labute approximate surface area is 105 Å². The van der Waals surface area contributed by atoms with Gasteiger partial charge in [-0.1, -0.05) is 17.9 Å². The monoisotopic (exact) mass is 240 g/mol. The first-order valence-corrected chi connectivity index (χ1v) is 5.40. The maximum Gasteiger partial charge on any atom is 0.123 e. The van der Waals surface area contributed by atoms with E-state index in [0.717, 1.165) is 0 Å². The van der Waals surface area contributed by atoms with E-state index in [1.807, 2.05) is 0 Å². The molecule has 18 heavy (non-hydrogen) atoms. The summed E-state index contributed by atoms with van der Waals surface area (Å²) in [5, 5.41) is 0. The first-order chi connectivity index (χ1) is 8.61. The summed E-state index contributed by atoms with van der Waals surface area (Å²) < 4.78 is 26.4. The molecule has 0 saturated heterocycles. The van der Waals surface area contributed by atoms with E-state index in [-0.39, 0.29) is 12.2 Å². The molecule has 0 fully saturated rings. The minimum absolute atomic E-state index is 0.268. The van der Waals surface area contributed by atoms with Crippen molar-refractivity contribution < 1.29 is 8.78 Å². The van der Waals surface area contributed by atoms with Crippen molar-refractivity contribution in [3.05, 3.63) is 59.2 Å². The summed E-state index contributed by atoms with van der Waals surface area (Å²) in [6.07, 6.45) is 15.4. The highest BCUT2D eigenvalue weighted by Crippen LogP contribution is 2.36. The lowest BCUT2D eigenvalue weighted by Crippen LogP contribution is -2.24. The smallest absolute Gasteiger partial charge is 0.123 e. The molecule has 0 nitrogen and oxygen atoms in total. The Bertz CT molecular complexity index is 623. The average Bonchev–Trinajstić information content (AvgIpc) is 2.40. The first-order valence-electron chi connectivity index (χ1n) is 5.40. The Morgan fingerprint density at radius 2 is 2.00 bits per heavy atom. The Morgan fingerprint density at radius 1 is 1.22 bits per heavy atom. The molecule has 88 valence electrons. The van der Waals surface area contributed by atoms with Gasteiger partial charge >= 0.3 is 0 Å². The van der Waals surface area contributed by atoms with E-state index in [4.69, 9.17) is 12.8 Å². The lowest BCUT2D eigenvalue weighted by atomic mass is 9.74. The lowest BCUT2D eigenvalue weighted by Gasteiger charge is -2.27. The van der Waals surface area contributed by atoms with E-state index in [0.29, 0.717) is 11.1 Å². The standard InChI is InChI=1S/C16H10F2/c1-3-12-5-6-14(18)11-15(12)16(4-2)9-7-13(17)8-10-16/h1-2,5-9,11H,10H2. The third-order valence-corrected chi connectivity index (χ3v) is 3.02. The topological polar surface area (TPSA) is 0 Å². The molecule has 0 heterocycles. The van der Waals surface area contributed by atoms with Crippen LogP contribution in [0, 0.1) is 30.5 Å². The first kappa shape index (κ1) is 12.1. The molecule has 1 aromatic carbocycles. The Hall–Kier alpha value is -2.32. The Balaban J connectivity index is 2.61. The fraction of sp³-hybridized carbons (Fsp3) is 0.125. The van der Waals surface area contributed by atoms with Crippen LogP contribution in [0.2, 0.25) is 0 Å². The molecule has 2 heteroatoms. The molecule has 1 atom stereocenters. The maximum atomic E-state index is 13.4. The quantitative estimate of drug-likeness (QED) is 0.659. The van der Waals surface area contributed by atoms with E-state index in [2.05, 4.69) is 11.8 Å². The SMILES string of the molecule is C#Cc1ccc(F)cc1C1(C#C)C=CC(F)=CC1. The van der Waals surface area contributed by atoms with Gasteiger partial charge < -0.3 is 0 Å². The third-order valence-electron chi connectivity index (χ3n) is 3.02. The van der Waals surface area contributed by atoms with E-state index >= 15 is 0 Å². The summed E-state index contributed by atoms with van der Waals surface area (Å²) in [5.41, 5.74) is 0.168. The molecule has 1 aliphatic carbocycles. The van der Waals surface area contributed by atoms with Crippen LogP contribution < -0.4 is 0 Å². The van der Waals surface area contributed by atoms with Crippen molar-refractivity contribution in [1.29, 1.82) is 0 Å². The van der Waals surface area contributed by atoms with Crippen molar-refractivity contribution in [2.75, 3.05) is 0 Å². The second-order valence-electron chi connectivity index (χ2n) is 4.08. The molecular formula is C16H10F2. The number of benzene rings is 1. The molecule has 0 amide bonds. The van der Waals surface area contributed by atoms with Gasteiger partial charge in [-0.25, -0.2) is 8.78 Å². The molecule has 2 rings (SSSR count). The van der Waals surface area contributed by atoms with Gasteiger partial charge in [-0.3, -0.25) is 0 Å². The second-order valence-corrected chi connectivity index (χ2v) is 4.08. The number of rotatable bonds is 1. The molecule has 0 radical (unpaired) electrons. The van der Waals surface area contributed by atoms with Crippen LogP contribution in [0.25, 0.3) is 0 Å². The Kier molecular flexibility index (Phi) is 3.04. The number of hydrogen-bond acceptors (Lipinski definition) is 0. The Morgan fingerprint density at radius 3 is 2.56 bits per heavy atom. The van der Waals surface area contributed by atoms with Crippen LogP contribution >= 0.6 is 0 Å². The van der Waals surface area contributed by atoms with Gasteiger partial charge in [-0.15, -0.1) is 12.8 Å². The van der Waals surface area contributed by atoms with Crippen LogP contribution in [0.4, 0.5) is 8.78 Å². The van der Waals surface area contributed by atoms with Crippen molar-refractivity contribution in [1.82, 2.24) is 0 Å². The minimum atomic E-state index is -0.876. The van der Waals surface area contributed by atoms with Crippen LogP contribution in [0.5, 0.6) is 0 Å². The average molecular weight is 240 g/mol. The molecular weight excluding hydrogens is 230 g/mol. The van der Waals surface area contributed by atoms with Gasteiger partial charge in [0.15, 0.2) is 0 Å². The van der Waals surface area contributed by atoms with Crippen molar-refractivity contribution >= 4 is 0 Å². The van der Waals surface area contributed by atoms with Crippen LogP contribution in [-0.2, 0) is 5.41 Å². The predicted octanol–water partition coefficient (Wildman–Crippen LogP) is 3.49. The van der Waals surface area contributed by atoms with Crippen molar-refractivity contribution in [3.63, 3.8) is 0 Å². The zero-order valence-corrected chi connectivity index (χ0v) is 9.58. The zero-order valence-electron chi connectivity index (χ0n) is 9.58. The van der Waals surface area contributed by atoms with Gasteiger partial charge in [0.1, 0.15) is 11.6 Å². The molecule has 0 saturated carbocycles. The summed E-state index contributed by atoms with van der Waals surface area (Å²) in [4.78, 5) is 0. The van der Waals surface area contributed by atoms with Gasteiger partial charge in [0, 0.05) is 5.56 Å². The maximum absolute atomic E-state index is 13.4. The molecule has 0 aliphatic heterocycles. The van der Waals surface area contributed by atoms with Crippen LogP contribution in [0.1, 0.15) is 17.5 Å². The van der Waals surface area contributed by atoms with Gasteiger partial charge in [0.05, 0.1) is 5.41 Å². The van der Waals surface area contributed by atoms with Gasteiger partial charge in [0.2, 0.25) is 0 Å². The summed E-state index contributed by atoms with van der Waals surface area (Å²) in [6.45, 7) is 0. The van der Waals surface area contributed by atoms with E-state index in [9.17, 15) is 8.78 Å². The van der Waals surface area contributed by atoms with Crippen molar-refractivity contribution in [2.24, 2.45) is 0 Å².